The number of rotatable bonds is 6. The Hall–Kier alpha value is -3.27. The number of hydrogen-bond donors (Lipinski definition) is 0. The van der Waals surface area contributed by atoms with Gasteiger partial charge in [-0.3, -0.25) is 0 Å². The highest BCUT2D eigenvalue weighted by Crippen LogP contribution is 2.28. The molecule has 0 saturated carbocycles. The van der Waals surface area contributed by atoms with E-state index in [-0.39, 0.29) is 0 Å². The summed E-state index contributed by atoms with van der Waals surface area (Å²) in [5, 5.41) is 0. The van der Waals surface area contributed by atoms with Crippen LogP contribution in [0.15, 0.2) is 66.7 Å². The molecule has 0 spiro atoms. The van der Waals surface area contributed by atoms with E-state index in [1.807, 2.05) is 48.5 Å². The van der Waals surface area contributed by atoms with Crippen LogP contribution in [0.3, 0.4) is 0 Å². The molecular formula is C24H24N2O2. The van der Waals surface area contributed by atoms with Crippen molar-refractivity contribution in [2.24, 2.45) is 0 Å². The van der Waals surface area contributed by atoms with Gasteiger partial charge in [0.05, 0.1) is 24.7 Å². The molecule has 0 radical (unpaired) electrons. The standard InChI is InChI=1S/C24H24N2O2/c1-17-8-6-13-23(18(17)2)28-15-14-26-22-12-5-4-11-21(22)25-24(26)19-9-7-10-20(16-19)27-3/h4-13,16H,14-15H2,1-3H3. The molecule has 0 atom stereocenters. The molecule has 4 nitrogen and oxygen atoms in total. The first-order valence-corrected chi connectivity index (χ1v) is 9.46. The van der Waals surface area contributed by atoms with E-state index in [0.29, 0.717) is 13.2 Å². The summed E-state index contributed by atoms with van der Waals surface area (Å²) in [5.41, 5.74) is 5.54. The summed E-state index contributed by atoms with van der Waals surface area (Å²) in [6, 6.07) is 22.4. The lowest BCUT2D eigenvalue weighted by Crippen LogP contribution is -2.10. The molecule has 4 heteroatoms. The number of benzene rings is 3. The minimum Gasteiger partial charge on any atom is -0.497 e. The molecule has 0 aliphatic rings. The van der Waals surface area contributed by atoms with Gasteiger partial charge in [0.15, 0.2) is 0 Å². The van der Waals surface area contributed by atoms with Crippen molar-refractivity contribution in [2.45, 2.75) is 20.4 Å². The maximum Gasteiger partial charge on any atom is 0.141 e. The first-order chi connectivity index (χ1) is 13.7. The lowest BCUT2D eigenvalue weighted by Gasteiger charge is -2.13. The number of aryl methyl sites for hydroxylation is 1. The van der Waals surface area contributed by atoms with E-state index in [9.17, 15) is 0 Å². The molecule has 3 aromatic carbocycles. The Morgan fingerprint density at radius 2 is 1.75 bits per heavy atom. The summed E-state index contributed by atoms with van der Waals surface area (Å²) in [6.45, 7) is 5.48. The first kappa shape index (κ1) is 18.1. The van der Waals surface area contributed by atoms with E-state index in [1.54, 1.807) is 7.11 Å². The Morgan fingerprint density at radius 3 is 2.61 bits per heavy atom. The smallest absolute Gasteiger partial charge is 0.141 e. The van der Waals surface area contributed by atoms with Gasteiger partial charge >= 0.3 is 0 Å². The molecule has 1 heterocycles. The molecule has 4 aromatic rings. The van der Waals surface area contributed by atoms with Crippen LogP contribution in [-0.4, -0.2) is 23.3 Å². The Balaban J connectivity index is 1.66. The van der Waals surface area contributed by atoms with Gasteiger partial charge < -0.3 is 14.0 Å². The number of ether oxygens (including phenoxy) is 2. The third kappa shape index (κ3) is 3.46. The number of imidazole rings is 1. The molecule has 142 valence electrons. The number of nitrogens with zero attached hydrogens (tertiary/aromatic N) is 2. The van der Waals surface area contributed by atoms with Crippen molar-refractivity contribution in [2.75, 3.05) is 13.7 Å². The maximum absolute atomic E-state index is 6.10. The van der Waals surface area contributed by atoms with Gasteiger partial charge in [-0.05, 0) is 55.3 Å². The highest BCUT2D eigenvalue weighted by Gasteiger charge is 2.13. The zero-order valence-corrected chi connectivity index (χ0v) is 16.5. The minimum absolute atomic E-state index is 0.571. The number of hydrogen-bond acceptors (Lipinski definition) is 3. The average molecular weight is 372 g/mol. The van der Waals surface area contributed by atoms with E-state index in [2.05, 4.69) is 36.6 Å². The Bertz CT molecular complexity index is 1110. The summed E-state index contributed by atoms with van der Waals surface area (Å²) < 4.78 is 13.7. The summed E-state index contributed by atoms with van der Waals surface area (Å²) >= 11 is 0. The van der Waals surface area contributed by atoms with Crippen molar-refractivity contribution >= 4 is 11.0 Å². The van der Waals surface area contributed by atoms with E-state index < -0.39 is 0 Å². The van der Waals surface area contributed by atoms with Crippen molar-refractivity contribution in [1.29, 1.82) is 0 Å². The largest absolute Gasteiger partial charge is 0.497 e. The average Bonchev–Trinajstić information content (AvgIpc) is 3.10. The number of para-hydroxylation sites is 2. The Labute approximate surface area is 165 Å². The van der Waals surface area contributed by atoms with E-state index >= 15 is 0 Å². The fourth-order valence-corrected chi connectivity index (χ4v) is 3.41. The highest BCUT2D eigenvalue weighted by atomic mass is 16.5. The van der Waals surface area contributed by atoms with Gasteiger partial charge in [-0.2, -0.15) is 0 Å². The van der Waals surface area contributed by atoms with Crippen molar-refractivity contribution in [1.82, 2.24) is 9.55 Å². The summed E-state index contributed by atoms with van der Waals surface area (Å²) in [4.78, 5) is 4.87. The molecule has 0 N–H and O–H groups in total. The molecule has 0 fully saturated rings. The van der Waals surface area contributed by atoms with Crippen LogP contribution < -0.4 is 9.47 Å². The second-order valence-corrected chi connectivity index (χ2v) is 6.85. The first-order valence-electron chi connectivity index (χ1n) is 9.46. The third-order valence-corrected chi connectivity index (χ3v) is 5.11. The Kier molecular flexibility index (Phi) is 5.02. The van der Waals surface area contributed by atoms with Crippen LogP contribution in [0.2, 0.25) is 0 Å². The SMILES string of the molecule is COc1cccc(-c2nc3ccccc3n2CCOc2cccc(C)c2C)c1. The van der Waals surface area contributed by atoms with E-state index in [4.69, 9.17) is 14.5 Å². The molecule has 0 aliphatic heterocycles. The predicted octanol–water partition coefficient (Wildman–Crippen LogP) is 5.41. The molecule has 0 aliphatic carbocycles. The second kappa shape index (κ2) is 7.77. The van der Waals surface area contributed by atoms with Crippen LogP contribution in [-0.2, 0) is 6.54 Å². The van der Waals surface area contributed by atoms with Crippen molar-refractivity contribution in [3.63, 3.8) is 0 Å². The van der Waals surface area contributed by atoms with Crippen molar-refractivity contribution < 1.29 is 9.47 Å². The van der Waals surface area contributed by atoms with Crippen LogP contribution in [0.25, 0.3) is 22.4 Å². The lowest BCUT2D eigenvalue weighted by molar-refractivity contribution is 0.298. The van der Waals surface area contributed by atoms with Crippen LogP contribution in [0, 0.1) is 13.8 Å². The summed E-state index contributed by atoms with van der Waals surface area (Å²) in [6.07, 6.45) is 0. The molecule has 28 heavy (non-hydrogen) atoms. The molecular weight excluding hydrogens is 348 g/mol. The maximum atomic E-state index is 6.10. The lowest BCUT2D eigenvalue weighted by atomic mass is 10.1. The molecule has 1 aromatic heterocycles. The van der Waals surface area contributed by atoms with E-state index in [1.165, 1.54) is 11.1 Å². The topological polar surface area (TPSA) is 36.3 Å². The van der Waals surface area contributed by atoms with Crippen LogP contribution in [0.5, 0.6) is 11.5 Å². The van der Waals surface area contributed by atoms with Crippen molar-refractivity contribution in [3.05, 3.63) is 77.9 Å². The van der Waals surface area contributed by atoms with Crippen LogP contribution >= 0.6 is 0 Å². The van der Waals surface area contributed by atoms with Gasteiger partial charge in [-0.25, -0.2) is 4.98 Å². The van der Waals surface area contributed by atoms with E-state index in [0.717, 1.165) is 33.9 Å². The quantitative estimate of drug-likeness (QED) is 0.454. The molecule has 0 saturated heterocycles. The minimum atomic E-state index is 0.571. The molecule has 0 bridgehead atoms. The number of aromatic nitrogens is 2. The van der Waals surface area contributed by atoms with Crippen LogP contribution in [0.1, 0.15) is 11.1 Å². The van der Waals surface area contributed by atoms with Gasteiger partial charge in [0, 0.05) is 5.56 Å². The number of fused-ring (bicyclic) bond motifs is 1. The Morgan fingerprint density at radius 1 is 0.929 bits per heavy atom. The second-order valence-electron chi connectivity index (χ2n) is 6.85. The summed E-state index contributed by atoms with van der Waals surface area (Å²) in [7, 11) is 1.68. The third-order valence-electron chi connectivity index (χ3n) is 5.11. The van der Waals surface area contributed by atoms with Gasteiger partial charge in [0.2, 0.25) is 0 Å². The van der Waals surface area contributed by atoms with Crippen molar-refractivity contribution in [3.8, 4) is 22.9 Å². The van der Waals surface area contributed by atoms with Gasteiger partial charge in [0.1, 0.15) is 23.9 Å². The fourth-order valence-electron chi connectivity index (χ4n) is 3.41. The molecule has 0 unspecified atom stereocenters. The van der Waals surface area contributed by atoms with Crippen LogP contribution in [0.4, 0.5) is 0 Å². The normalized spacial score (nSPS) is 11.0. The molecule has 0 amide bonds. The summed E-state index contributed by atoms with van der Waals surface area (Å²) in [5.74, 6) is 2.68. The number of methoxy groups -OCH3 is 1. The fraction of sp³-hybridized carbons (Fsp3) is 0.208. The highest BCUT2D eigenvalue weighted by molar-refractivity contribution is 5.80. The predicted molar refractivity (Wildman–Crippen MR) is 113 cm³/mol. The van der Waals surface area contributed by atoms with Gasteiger partial charge in [-0.1, -0.05) is 36.4 Å². The zero-order valence-electron chi connectivity index (χ0n) is 16.5. The monoisotopic (exact) mass is 372 g/mol. The van der Waals surface area contributed by atoms with Gasteiger partial charge in [-0.15, -0.1) is 0 Å². The zero-order chi connectivity index (χ0) is 19.5. The van der Waals surface area contributed by atoms with Gasteiger partial charge in [0.25, 0.3) is 0 Å². The molecule has 4 rings (SSSR count).